The fourth-order valence-electron chi connectivity index (χ4n) is 3.86. The molecule has 0 amide bonds. The Bertz CT molecular complexity index is 482. The van der Waals surface area contributed by atoms with Gasteiger partial charge >= 0.3 is 0 Å². The lowest BCUT2D eigenvalue weighted by atomic mass is 9.70. The lowest BCUT2D eigenvalue weighted by molar-refractivity contribution is 0.212. The van der Waals surface area contributed by atoms with Crippen molar-refractivity contribution in [2.24, 2.45) is 0 Å². The van der Waals surface area contributed by atoms with E-state index in [9.17, 15) is 10.2 Å². The minimum Gasteiger partial charge on any atom is -0.504 e. The van der Waals surface area contributed by atoms with Crippen LogP contribution >= 0.6 is 0 Å². The van der Waals surface area contributed by atoms with Crippen LogP contribution in [0.5, 0.6) is 11.5 Å². The number of phenols is 2. The number of aryl methyl sites for hydroxylation is 1. The Morgan fingerprint density at radius 2 is 1.94 bits per heavy atom. The summed E-state index contributed by atoms with van der Waals surface area (Å²) in [5.74, 6) is 0.713. The van der Waals surface area contributed by atoms with E-state index >= 15 is 0 Å². The van der Waals surface area contributed by atoms with E-state index in [-0.39, 0.29) is 11.5 Å². The second-order valence-electron chi connectivity index (χ2n) is 5.86. The van der Waals surface area contributed by atoms with Crippen LogP contribution in [0.25, 0.3) is 0 Å². The van der Waals surface area contributed by atoms with E-state index in [1.807, 2.05) is 0 Å². The molecule has 2 unspecified atom stereocenters. The zero-order valence-corrected chi connectivity index (χ0v) is 11.1. The number of likely N-dealkylation sites (N-methyl/N-ethyl adjacent to an activating group) is 1. The predicted octanol–water partition coefficient (Wildman–Crippen LogP) is 2.39. The van der Waals surface area contributed by atoms with E-state index in [1.54, 1.807) is 6.07 Å². The first-order valence-corrected chi connectivity index (χ1v) is 6.82. The van der Waals surface area contributed by atoms with Crippen LogP contribution in [-0.2, 0) is 12.8 Å². The molecular weight excluding hydrogens is 226 g/mol. The van der Waals surface area contributed by atoms with Gasteiger partial charge in [-0.3, -0.25) is 0 Å². The Morgan fingerprint density at radius 1 is 1.17 bits per heavy atom. The maximum atomic E-state index is 10.1. The third-order valence-electron chi connectivity index (χ3n) is 4.66. The first-order valence-electron chi connectivity index (χ1n) is 6.82. The predicted molar refractivity (Wildman–Crippen MR) is 71.2 cm³/mol. The molecule has 0 radical (unpaired) electrons. The van der Waals surface area contributed by atoms with Crippen LogP contribution in [-0.4, -0.2) is 35.3 Å². The maximum absolute atomic E-state index is 10.1. The fourth-order valence-corrected chi connectivity index (χ4v) is 3.86. The minimum atomic E-state index is 0.0627. The van der Waals surface area contributed by atoms with Crippen molar-refractivity contribution >= 4 is 0 Å². The number of hydrogen-bond donors (Lipinski definition) is 2. The van der Waals surface area contributed by atoms with Gasteiger partial charge in [0.1, 0.15) is 0 Å². The molecule has 0 fully saturated rings. The Kier molecular flexibility index (Phi) is 2.74. The fraction of sp³-hybridized carbons (Fsp3) is 0.600. The molecular formula is C15H21NO2. The molecule has 2 aliphatic rings. The summed E-state index contributed by atoms with van der Waals surface area (Å²) in [6, 6.07) is 2.35. The Hall–Kier alpha value is -1.22. The average molecular weight is 247 g/mol. The summed E-state index contributed by atoms with van der Waals surface area (Å²) in [6.07, 6.45) is 5.37. The highest BCUT2D eigenvalue weighted by Crippen LogP contribution is 2.48. The summed E-state index contributed by atoms with van der Waals surface area (Å²) in [4.78, 5) is 2.31. The Balaban J connectivity index is 2.15. The quantitative estimate of drug-likeness (QED) is 0.749. The Morgan fingerprint density at radius 3 is 2.67 bits per heavy atom. The number of benzene rings is 1. The smallest absolute Gasteiger partial charge is 0.160 e. The molecule has 0 aromatic heterocycles. The van der Waals surface area contributed by atoms with Crippen molar-refractivity contribution in [3.8, 4) is 11.5 Å². The summed E-state index contributed by atoms with van der Waals surface area (Å²) >= 11 is 0. The summed E-state index contributed by atoms with van der Waals surface area (Å²) in [6.45, 7) is 0. The normalized spacial score (nSPS) is 26.2. The van der Waals surface area contributed by atoms with Crippen molar-refractivity contribution < 1.29 is 10.2 Å². The highest BCUT2D eigenvalue weighted by molar-refractivity contribution is 5.56. The molecule has 0 heterocycles. The van der Waals surface area contributed by atoms with Crippen molar-refractivity contribution in [1.82, 2.24) is 4.90 Å². The van der Waals surface area contributed by atoms with E-state index < -0.39 is 0 Å². The van der Waals surface area contributed by atoms with Crippen molar-refractivity contribution in [2.75, 3.05) is 14.1 Å². The SMILES string of the molecule is CN(C)C1CCc2c(O)c(O)cc3c2C1CCC3. The van der Waals surface area contributed by atoms with E-state index in [2.05, 4.69) is 19.0 Å². The van der Waals surface area contributed by atoms with Gasteiger partial charge in [0.15, 0.2) is 11.5 Å². The van der Waals surface area contributed by atoms with E-state index in [0.29, 0.717) is 12.0 Å². The number of hydrogen-bond acceptors (Lipinski definition) is 3. The van der Waals surface area contributed by atoms with Gasteiger partial charge in [0, 0.05) is 17.5 Å². The minimum absolute atomic E-state index is 0.0627. The lowest BCUT2D eigenvalue weighted by Crippen LogP contribution is -2.39. The number of nitrogens with zero attached hydrogens (tertiary/aromatic N) is 1. The molecule has 2 atom stereocenters. The van der Waals surface area contributed by atoms with Gasteiger partial charge in [0.2, 0.25) is 0 Å². The van der Waals surface area contributed by atoms with Gasteiger partial charge in [0.05, 0.1) is 0 Å². The first kappa shape index (κ1) is 11.8. The molecule has 2 aliphatic carbocycles. The van der Waals surface area contributed by atoms with Crippen molar-refractivity contribution in [3.05, 3.63) is 22.8 Å². The van der Waals surface area contributed by atoms with Crippen LogP contribution in [0.15, 0.2) is 6.07 Å². The molecule has 0 saturated heterocycles. The average Bonchev–Trinajstić information content (AvgIpc) is 2.35. The molecule has 1 aromatic carbocycles. The van der Waals surface area contributed by atoms with Crippen LogP contribution in [0.2, 0.25) is 0 Å². The van der Waals surface area contributed by atoms with Gasteiger partial charge < -0.3 is 15.1 Å². The molecule has 1 aromatic rings. The number of aromatic hydroxyl groups is 2. The molecule has 0 aliphatic heterocycles. The summed E-state index contributed by atoms with van der Waals surface area (Å²) in [5, 5.41) is 19.9. The Labute approximate surface area is 108 Å². The highest BCUT2D eigenvalue weighted by Gasteiger charge is 2.36. The van der Waals surface area contributed by atoms with Gasteiger partial charge in [-0.1, -0.05) is 0 Å². The standard InChI is InChI=1S/C15H21NO2/c1-16(2)12-7-6-11-14-9(4-3-5-10(12)14)8-13(17)15(11)18/h8,10,12,17-18H,3-7H2,1-2H3. The molecule has 0 saturated carbocycles. The largest absolute Gasteiger partial charge is 0.504 e. The van der Waals surface area contributed by atoms with Gasteiger partial charge in [-0.15, -0.1) is 0 Å². The van der Waals surface area contributed by atoms with E-state index in [0.717, 1.165) is 24.8 Å². The first-order chi connectivity index (χ1) is 8.59. The summed E-state index contributed by atoms with van der Waals surface area (Å²) in [7, 11) is 4.29. The molecule has 2 N–H and O–H groups in total. The monoisotopic (exact) mass is 247 g/mol. The third-order valence-corrected chi connectivity index (χ3v) is 4.66. The molecule has 0 bridgehead atoms. The van der Waals surface area contributed by atoms with Crippen molar-refractivity contribution in [3.63, 3.8) is 0 Å². The van der Waals surface area contributed by atoms with Gasteiger partial charge in [0.25, 0.3) is 0 Å². The molecule has 3 nitrogen and oxygen atoms in total. The van der Waals surface area contributed by atoms with Crippen LogP contribution in [0, 0.1) is 0 Å². The molecule has 3 heteroatoms. The second-order valence-corrected chi connectivity index (χ2v) is 5.86. The maximum Gasteiger partial charge on any atom is 0.160 e. The number of rotatable bonds is 1. The van der Waals surface area contributed by atoms with Gasteiger partial charge in [-0.25, -0.2) is 0 Å². The summed E-state index contributed by atoms with van der Waals surface area (Å²) in [5.41, 5.74) is 3.59. The van der Waals surface area contributed by atoms with Gasteiger partial charge in [-0.05, 0) is 63.4 Å². The zero-order valence-electron chi connectivity index (χ0n) is 11.1. The molecule has 3 rings (SSSR count). The van der Waals surface area contributed by atoms with Crippen LogP contribution < -0.4 is 0 Å². The zero-order chi connectivity index (χ0) is 12.9. The number of phenolic OH excluding ortho intramolecular Hbond substituents is 2. The van der Waals surface area contributed by atoms with Crippen molar-refractivity contribution in [2.45, 2.75) is 44.1 Å². The highest BCUT2D eigenvalue weighted by atomic mass is 16.3. The van der Waals surface area contributed by atoms with Crippen LogP contribution in [0.3, 0.4) is 0 Å². The lowest BCUT2D eigenvalue weighted by Gasteiger charge is -2.41. The molecule has 98 valence electrons. The van der Waals surface area contributed by atoms with Gasteiger partial charge in [-0.2, -0.15) is 0 Å². The molecule has 18 heavy (non-hydrogen) atoms. The summed E-state index contributed by atoms with van der Waals surface area (Å²) < 4.78 is 0. The third kappa shape index (κ3) is 1.61. The topological polar surface area (TPSA) is 43.7 Å². The molecule has 0 spiro atoms. The second kappa shape index (κ2) is 4.16. The van der Waals surface area contributed by atoms with Crippen LogP contribution in [0.4, 0.5) is 0 Å². The van der Waals surface area contributed by atoms with E-state index in [1.165, 1.54) is 24.0 Å². The van der Waals surface area contributed by atoms with E-state index in [4.69, 9.17) is 0 Å². The van der Waals surface area contributed by atoms with Crippen molar-refractivity contribution in [1.29, 1.82) is 0 Å². The van der Waals surface area contributed by atoms with Crippen LogP contribution in [0.1, 0.15) is 41.9 Å².